The Labute approximate surface area is 133 Å². The van der Waals surface area contributed by atoms with Gasteiger partial charge in [0.1, 0.15) is 0 Å². The number of non-ortho nitro benzene ring substituents is 1. The van der Waals surface area contributed by atoms with Gasteiger partial charge < -0.3 is 4.90 Å². The Bertz CT molecular complexity index is 797. The monoisotopic (exact) mass is 308 g/mol. The van der Waals surface area contributed by atoms with Gasteiger partial charge in [-0.25, -0.2) is 4.68 Å². The van der Waals surface area contributed by atoms with Crippen LogP contribution in [0.3, 0.4) is 0 Å². The third-order valence-corrected chi connectivity index (χ3v) is 3.58. The maximum absolute atomic E-state index is 10.7. The molecule has 0 aliphatic carbocycles. The molecular weight excluding hydrogens is 292 g/mol. The van der Waals surface area contributed by atoms with Crippen LogP contribution in [-0.2, 0) is 6.54 Å². The number of para-hydroxylation sites is 1. The fourth-order valence-corrected chi connectivity index (χ4v) is 2.36. The van der Waals surface area contributed by atoms with Crippen molar-refractivity contribution in [1.82, 2.24) is 9.78 Å². The van der Waals surface area contributed by atoms with E-state index >= 15 is 0 Å². The normalized spacial score (nSPS) is 10.5. The van der Waals surface area contributed by atoms with Gasteiger partial charge in [0, 0.05) is 43.2 Å². The van der Waals surface area contributed by atoms with Gasteiger partial charge in [-0.15, -0.1) is 0 Å². The fourth-order valence-electron chi connectivity index (χ4n) is 2.36. The molecule has 0 saturated heterocycles. The maximum Gasteiger partial charge on any atom is 0.269 e. The second-order valence-electron chi connectivity index (χ2n) is 5.26. The van der Waals surface area contributed by atoms with E-state index in [2.05, 4.69) is 5.10 Å². The number of nitrogens with zero attached hydrogens (tertiary/aromatic N) is 4. The van der Waals surface area contributed by atoms with E-state index in [1.807, 2.05) is 59.4 Å². The van der Waals surface area contributed by atoms with E-state index in [9.17, 15) is 10.1 Å². The molecule has 0 aliphatic rings. The van der Waals surface area contributed by atoms with Crippen LogP contribution in [0.1, 0.15) is 5.56 Å². The SMILES string of the molecule is CN(Cc1cnn(-c2ccccc2)c1)c1ccc([N+](=O)[O-])cc1. The fraction of sp³-hybridized carbons (Fsp3) is 0.118. The van der Waals surface area contributed by atoms with Crippen molar-refractivity contribution in [3.05, 3.63) is 82.7 Å². The van der Waals surface area contributed by atoms with E-state index in [4.69, 9.17) is 0 Å². The molecule has 0 atom stereocenters. The van der Waals surface area contributed by atoms with E-state index in [1.54, 1.807) is 12.1 Å². The molecule has 0 bridgehead atoms. The van der Waals surface area contributed by atoms with Crippen molar-refractivity contribution < 1.29 is 4.92 Å². The molecule has 0 aliphatic heterocycles. The zero-order valence-electron chi connectivity index (χ0n) is 12.7. The van der Waals surface area contributed by atoms with Gasteiger partial charge in [0.25, 0.3) is 5.69 Å². The summed E-state index contributed by atoms with van der Waals surface area (Å²) in [4.78, 5) is 12.3. The number of benzene rings is 2. The summed E-state index contributed by atoms with van der Waals surface area (Å²) in [5, 5.41) is 15.1. The van der Waals surface area contributed by atoms with Crippen molar-refractivity contribution in [2.24, 2.45) is 0 Å². The summed E-state index contributed by atoms with van der Waals surface area (Å²) in [5.41, 5.74) is 3.09. The molecule has 6 nitrogen and oxygen atoms in total. The molecule has 0 amide bonds. The number of hydrogen-bond acceptors (Lipinski definition) is 4. The highest BCUT2D eigenvalue weighted by Gasteiger charge is 2.08. The topological polar surface area (TPSA) is 64.2 Å². The number of anilines is 1. The van der Waals surface area contributed by atoms with Crippen LogP contribution in [0.5, 0.6) is 0 Å². The Balaban J connectivity index is 1.72. The lowest BCUT2D eigenvalue weighted by Gasteiger charge is -2.18. The molecule has 3 aromatic rings. The van der Waals surface area contributed by atoms with Crippen LogP contribution in [0.25, 0.3) is 5.69 Å². The number of aromatic nitrogens is 2. The highest BCUT2D eigenvalue weighted by atomic mass is 16.6. The smallest absolute Gasteiger partial charge is 0.269 e. The molecule has 0 N–H and O–H groups in total. The third-order valence-electron chi connectivity index (χ3n) is 3.58. The second kappa shape index (κ2) is 6.31. The van der Waals surface area contributed by atoms with Crippen LogP contribution < -0.4 is 4.90 Å². The van der Waals surface area contributed by atoms with Crippen molar-refractivity contribution in [2.45, 2.75) is 6.54 Å². The summed E-state index contributed by atoms with van der Waals surface area (Å²) in [6.45, 7) is 0.671. The van der Waals surface area contributed by atoms with E-state index in [1.165, 1.54) is 12.1 Å². The lowest BCUT2D eigenvalue weighted by Crippen LogP contribution is -2.15. The highest BCUT2D eigenvalue weighted by Crippen LogP contribution is 2.20. The molecule has 3 rings (SSSR count). The van der Waals surface area contributed by atoms with E-state index < -0.39 is 4.92 Å². The highest BCUT2D eigenvalue weighted by molar-refractivity contribution is 5.50. The lowest BCUT2D eigenvalue weighted by molar-refractivity contribution is -0.384. The average Bonchev–Trinajstić information content (AvgIpc) is 3.04. The standard InChI is InChI=1S/C17H16N4O2/c1-19(15-7-9-17(10-8-15)21(22)23)12-14-11-18-20(13-14)16-5-3-2-4-6-16/h2-11,13H,12H2,1H3. The first-order valence-corrected chi connectivity index (χ1v) is 7.18. The van der Waals surface area contributed by atoms with Gasteiger partial charge in [-0.05, 0) is 24.3 Å². The van der Waals surface area contributed by atoms with Crippen molar-refractivity contribution in [3.63, 3.8) is 0 Å². The van der Waals surface area contributed by atoms with Crippen LogP contribution in [0.4, 0.5) is 11.4 Å². The average molecular weight is 308 g/mol. The molecular formula is C17H16N4O2. The molecule has 116 valence electrons. The molecule has 0 fully saturated rings. The van der Waals surface area contributed by atoms with Crippen molar-refractivity contribution in [3.8, 4) is 5.69 Å². The van der Waals surface area contributed by atoms with Gasteiger partial charge in [0.15, 0.2) is 0 Å². The van der Waals surface area contributed by atoms with Crippen LogP contribution in [0.2, 0.25) is 0 Å². The van der Waals surface area contributed by atoms with Crippen LogP contribution >= 0.6 is 0 Å². The Morgan fingerprint density at radius 3 is 2.48 bits per heavy atom. The summed E-state index contributed by atoms with van der Waals surface area (Å²) >= 11 is 0. The van der Waals surface area contributed by atoms with E-state index in [0.29, 0.717) is 6.54 Å². The van der Waals surface area contributed by atoms with Gasteiger partial charge in [-0.2, -0.15) is 5.10 Å². The second-order valence-corrected chi connectivity index (χ2v) is 5.26. The molecule has 23 heavy (non-hydrogen) atoms. The van der Waals surface area contributed by atoms with Crippen molar-refractivity contribution >= 4 is 11.4 Å². The Morgan fingerprint density at radius 1 is 1.13 bits per heavy atom. The minimum atomic E-state index is -0.395. The van der Waals surface area contributed by atoms with Gasteiger partial charge in [-0.3, -0.25) is 10.1 Å². The molecule has 0 radical (unpaired) electrons. The zero-order valence-corrected chi connectivity index (χ0v) is 12.7. The van der Waals surface area contributed by atoms with Crippen LogP contribution in [0.15, 0.2) is 67.0 Å². The number of nitro benzene ring substituents is 1. The Morgan fingerprint density at radius 2 is 1.83 bits per heavy atom. The molecule has 0 saturated carbocycles. The molecule has 1 heterocycles. The predicted molar refractivity (Wildman–Crippen MR) is 88.8 cm³/mol. The molecule has 0 unspecified atom stereocenters. The largest absolute Gasteiger partial charge is 0.370 e. The molecule has 1 aromatic heterocycles. The predicted octanol–water partition coefficient (Wildman–Crippen LogP) is 3.42. The van der Waals surface area contributed by atoms with Gasteiger partial charge in [-0.1, -0.05) is 18.2 Å². The number of rotatable bonds is 5. The Kier molecular flexibility index (Phi) is 4.05. The lowest BCUT2D eigenvalue weighted by atomic mass is 10.2. The quantitative estimate of drug-likeness (QED) is 0.535. The first-order valence-electron chi connectivity index (χ1n) is 7.18. The molecule has 6 heteroatoms. The number of hydrogen-bond donors (Lipinski definition) is 0. The van der Waals surface area contributed by atoms with E-state index in [-0.39, 0.29) is 5.69 Å². The summed E-state index contributed by atoms with van der Waals surface area (Å²) in [7, 11) is 1.95. The summed E-state index contributed by atoms with van der Waals surface area (Å²) < 4.78 is 1.83. The summed E-state index contributed by atoms with van der Waals surface area (Å²) in [5.74, 6) is 0. The van der Waals surface area contributed by atoms with Gasteiger partial charge in [0.2, 0.25) is 0 Å². The first kappa shape index (κ1) is 14.8. The Hall–Kier alpha value is -3.15. The van der Waals surface area contributed by atoms with E-state index in [0.717, 1.165) is 16.9 Å². The van der Waals surface area contributed by atoms with Gasteiger partial charge >= 0.3 is 0 Å². The zero-order chi connectivity index (χ0) is 16.2. The van der Waals surface area contributed by atoms with Crippen molar-refractivity contribution in [1.29, 1.82) is 0 Å². The third kappa shape index (κ3) is 3.37. The summed E-state index contributed by atoms with van der Waals surface area (Å²) in [6, 6.07) is 16.4. The minimum absolute atomic E-state index is 0.0963. The van der Waals surface area contributed by atoms with Crippen LogP contribution in [0, 0.1) is 10.1 Å². The van der Waals surface area contributed by atoms with Gasteiger partial charge in [0.05, 0.1) is 16.8 Å². The van der Waals surface area contributed by atoms with Crippen LogP contribution in [-0.4, -0.2) is 21.8 Å². The maximum atomic E-state index is 10.7. The molecule has 2 aromatic carbocycles. The minimum Gasteiger partial charge on any atom is -0.370 e. The molecule has 0 spiro atoms. The first-order chi connectivity index (χ1) is 11.1. The number of nitro groups is 1. The summed E-state index contributed by atoms with van der Waals surface area (Å²) in [6.07, 6.45) is 3.81. The van der Waals surface area contributed by atoms with Crippen molar-refractivity contribution in [2.75, 3.05) is 11.9 Å².